The Morgan fingerprint density at radius 1 is 1.26 bits per heavy atom. The van der Waals surface area contributed by atoms with E-state index >= 15 is 0 Å². The summed E-state index contributed by atoms with van der Waals surface area (Å²) in [6, 6.07) is 6.08. The number of H-pyrrole nitrogens is 1. The van der Waals surface area contributed by atoms with Gasteiger partial charge < -0.3 is 4.90 Å². The van der Waals surface area contributed by atoms with Crippen molar-refractivity contribution in [1.29, 1.82) is 0 Å². The molecular formula is C18H23N3OS. The van der Waals surface area contributed by atoms with Gasteiger partial charge in [-0.3, -0.25) is 9.89 Å². The quantitative estimate of drug-likeness (QED) is 0.902. The minimum atomic E-state index is 0.0878. The molecule has 23 heavy (non-hydrogen) atoms. The van der Waals surface area contributed by atoms with Crippen LogP contribution >= 0.6 is 11.3 Å². The Kier molecular flexibility index (Phi) is 3.97. The molecule has 2 aromatic rings. The van der Waals surface area contributed by atoms with Gasteiger partial charge in [0.05, 0.1) is 10.6 Å². The Hall–Kier alpha value is -1.62. The number of rotatable bonds is 2. The molecule has 2 unspecified atom stereocenters. The number of likely N-dealkylation sites (tertiary alicyclic amines) is 1. The summed E-state index contributed by atoms with van der Waals surface area (Å²) >= 11 is 1.72. The van der Waals surface area contributed by atoms with E-state index in [1.807, 2.05) is 11.0 Å². The first kappa shape index (κ1) is 14.9. The number of fused-ring (bicyclic) bond motifs is 1. The van der Waals surface area contributed by atoms with Gasteiger partial charge in [-0.15, -0.1) is 11.3 Å². The third-order valence-electron chi connectivity index (χ3n) is 5.38. The van der Waals surface area contributed by atoms with Crippen LogP contribution in [0.5, 0.6) is 0 Å². The second kappa shape index (κ2) is 6.11. The van der Waals surface area contributed by atoms with Gasteiger partial charge in [0, 0.05) is 18.0 Å². The molecule has 1 saturated carbocycles. The second-order valence-corrected chi connectivity index (χ2v) is 8.21. The van der Waals surface area contributed by atoms with E-state index in [1.165, 1.54) is 30.6 Å². The number of thiophene rings is 1. The van der Waals surface area contributed by atoms with E-state index in [4.69, 9.17) is 0 Å². The summed E-state index contributed by atoms with van der Waals surface area (Å²) in [5.74, 6) is 1.64. The summed E-state index contributed by atoms with van der Waals surface area (Å²) in [6.07, 6.45) is 6.51. The highest BCUT2D eigenvalue weighted by atomic mass is 32.1. The lowest BCUT2D eigenvalue weighted by molar-refractivity contribution is 0.0515. The highest BCUT2D eigenvalue weighted by Gasteiger charge is 2.33. The maximum Gasteiger partial charge on any atom is 0.274 e. The van der Waals surface area contributed by atoms with Crippen LogP contribution in [0.3, 0.4) is 0 Å². The van der Waals surface area contributed by atoms with Crippen LogP contribution in [-0.4, -0.2) is 34.1 Å². The molecule has 0 aromatic carbocycles. The summed E-state index contributed by atoms with van der Waals surface area (Å²) in [4.78, 5) is 17.2. The van der Waals surface area contributed by atoms with Crippen molar-refractivity contribution in [1.82, 2.24) is 15.1 Å². The molecule has 0 bridgehead atoms. The molecule has 1 saturated heterocycles. The maximum atomic E-state index is 12.8. The van der Waals surface area contributed by atoms with Gasteiger partial charge in [0.1, 0.15) is 0 Å². The van der Waals surface area contributed by atoms with Crippen molar-refractivity contribution in [3.05, 3.63) is 28.8 Å². The van der Waals surface area contributed by atoms with Gasteiger partial charge in [0.2, 0.25) is 0 Å². The van der Waals surface area contributed by atoms with Crippen LogP contribution in [0.4, 0.5) is 0 Å². The molecule has 1 aliphatic heterocycles. The van der Waals surface area contributed by atoms with Crippen molar-refractivity contribution in [3.63, 3.8) is 0 Å². The highest BCUT2D eigenvalue weighted by Crippen LogP contribution is 2.36. The molecule has 3 heterocycles. The zero-order valence-corrected chi connectivity index (χ0v) is 14.4. The molecule has 0 spiro atoms. The summed E-state index contributed by atoms with van der Waals surface area (Å²) in [6.45, 7) is 3.90. The number of aromatic amines is 1. The van der Waals surface area contributed by atoms with Crippen LogP contribution in [0.15, 0.2) is 18.2 Å². The normalized spacial score (nSPS) is 24.5. The van der Waals surface area contributed by atoms with Crippen molar-refractivity contribution in [2.45, 2.75) is 39.0 Å². The monoisotopic (exact) mass is 329 g/mol. The molecule has 2 atom stereocenters. The molecule has 5 heteroatoms. The number of aromatic nitrogens is 2. The summed E-state index contributed by atoms with van der Waals surface area (Å²) < 4.78 is 0. The average molecular weight is 329 g/mol. The van der Waals surface area contributed by atoms with Crippen LogP contribution in [-0.2, 0) is 0 Å². The Bertz CT molecular complexity index is 705. The molecular weight excluding hydrogens is 306 g/mol. The topological polar surface area (TPSA) is 49.0 Å². The fourth-order valence-corrected chi connectivity index (χ4v) is 4.92. The fraction of sp³-hybridized carbons (Fsp3) is 0.556. The van der Waals surface area contributed by atoms with Gasteiger partial charge in [-0.25, -0.2) is 0 Å². The number of aryl methyl sites for hydroxylation is 1. The lowest BCUT2D eigenvalue weighted by Crippen LogP contribution is -2.44. The predicted octanol–water partition coefficient (Wildman–Crippen LogP) is 4.10. The SMILES string of the molecule is Cc1ccc(-c2cc(C(=O)N3CCC4CCCCC4C3)n[nH]2)s1. The maximum absolute atomic E-state index is 12.8. The Morgan fingerprint density at radius 3 is 2.87 bits per heavy atom. The Labute approximate surface area is 140 Å². The molecule has 4 nitrogen and oxygen atoms in total. The second-order valence-electron chi connectivity index (χ2n) is 6.92. The molecule has 2 aliphatic rings. The molecule has 1 aliphatic carbocycles. The van der Waals surface area contributed by atoms with Crippen LogP contribution < -0.4 is 0 Å². The van der Waals surface area contributed by atoms with Crippen LogP contribution in [0.1, 0.15) is 47.5 Å². The number of amides is 1. The van der Waals surface area contributed by atoms with Crippen molar-refractivity contribution >= 4 is 17.2 Å². The summed E-state index contributed by atoms with van der Waals surface area (Å²) in [7, 11) is 0. The van der Waals surface area contributed by atoms with Crippen molar-refractivity contribution in [3.8, 4) is 10.6 Å². The number of piperidine rings is 1. The summed E-state index contributed by atoms with van der Waals surface area (Å²) in [5, 5.41) is 7.30. The average Bonchev–Trinajstić information content (AvgIpc) is 3.22. The number of nitrogens with one attached hydrogen (secondary N) is 1. The lowest BCUT2D eigenvalue weighted by Gasteiger charge is -2.41. The van der Waals surface area contributed by atoms with Gasteiger partial charge in [0.25, 0.3) is 5.91 Å². The van der Waals surface area contributed by atoms with Gasteiger partial charge in [-0.05, 0) is 49.8 Å². The molecule has 1 amide bonds. The minimum Gasteiger partial charge on any atom is -0.337 e. The van der Waals surface area contributed by atoms with Crippen molar-refractivity contribution in [2.75, 3.05) is 13.1 Å². The fourth-order valence-electron chi connectivity index (χ4n) is 4.08. The van der Waals surface area contributed by atoms with Gasteiger partial charge in [-0.1, -0.05) is 19.3 Å². The smallest absolute Gasteiger partial charge is 0.274 e. The van der Waals surface area contributed by atoms with E-state index in [0.29, 0.717) is 11.6 Å². The van der Waals surface area contributed by atoms with Crippen LogP contribution in [0.2, 0.25) is 0 Å². The Morgan fingerprint density at radius 2 is 2.09 bits per heavy atom. The first-order valence-electron chi connectivity index (χ1n) is 8.62. The molecule has 0 radical (unpaired) electrons. The van der Waals surface area contributed by atoms with Gasteiger partial charge >= 0.3 is 0 Å². The number of hydrogen-bond acceptors (Lipinski definition) is 3. The van der Waals surface area contributed by atoms with E-state index in [1.54, 1.807) is 11.3 Å². The van der Waals surface area contributed by atoms with Crippen molar-refractivity contribution in [2.24, 2.45) is 11.8 Å². The van der Waals surface area contributed by atoms with Gasteiger partial charge in [-0.2, -0.15) is 5.10 Å². The van der Waals surface area contributed by atoms with Crippen LogP contribution in [0, 0.1) is 18.8 Å². The van der Waals surface area contributed by atoms with Gasteiger partial charge in [0.15, 0.2) is 5.69 Å². The van der Waals surface area contributed by atoms with Crippen LogP contribution in [0.25, 0.3) is 10.6 Å². The highest BCUT2D eigenvalue weighted by molar-refractivity contribution is 7.15. The van der Waals surface area contributed by atoms with E-state index < -0.39 is 0 Å². The van der Waals surface area contributed by atoms with E-state index in [0.717, 1.165) is 36.0 Å². The molecule has 4 rings (SSSR count). The summed E-state index contributed by atoms with van der Waals surface area (Å²) in [5.41, 5.74) is 1.50. The first-order chi connectivity index (χ1) is 11.2. The van der Waals surface area contributed by atoms with E-state index in [-0.39, 0.29) is 5.91 Å². The molecule has 2 aromatic heterocycles. The molecule has 2 fully saturated rings. The molecule has 122 valence electrons. The lowest BCUT2D eigenvalue weighted by atomic mass is 9.75. The van der Waals surface area contributed by atoms with Crippen molar-refractivity contribution < 1.29 is 4.79 Å². The third kappa shape index (κ3) is 2.94. The Balaban J connectivity index is 1.48. The zero-order chi connectivity index (χ0) is 15.8. The first-order valence-corrected chi connectivity index (χ1v) is 9.44. The number of carbonyl (C=O) groups is 1. The molecule has 1 N–H and O–H groups in total. The largest absolute Gasteiger partial charge is 0.337 e. The van der Waals surface area contributed by atoms with E-state index in [9.17, 15) is 4.79 Å². The number of carbonyl (C=O) groups excluding carboxylic acids is 1. The minimum absolute atomic E-state index is 0.0878. The van der Waals surface area contributed by atoms with E-state index in [2.05, 4.69) is 29.3 Å². The zero-order valence-electron chi connectivity index (χ0n) is 13.5. The third-order valence-corrected chi connectivity index (χ3v) is 6.42. The predicted molar refractivity (Wildman–Crippen MR) is 92.6 cm³/mol. The standard InChI is InChI=1S/C18H23N3OS/c1-12-6-7-17(23-12)15-10-16(20-19-15)18(22)21-9-8-13-4-2-3-5-14(13)11-21/h6-7,10,13-14H,2-5,8-9,11H2,1H3,(H,19,20). The number of hydrogen-bond donors (Lipinski definition) is 1. The number of nitrogens with zero attached hydrogens (tertiary/aromatic N) is 2.